The van der Waals surface area contributed by atoms with Gasteiger partial charge in [-0.2, -0.15) is 0 Å². The summed E-state index contributed by atoms with van der Waals surface area (Å²) in [6, 6.07) is 0. The van der Waals surface area contributed by atoms with Crippen LogP contribution in [0.2, 0.25) is 0 Å². The van der Waals surface area contributed by atoms with E-state index < -0.39 is 18.3 Å². The molecule has 2 rings (SSSR count). The number of aliphatic hydroxyl groups is 2. The summed E-state index contributed by atoms with van der Waals surface area (Å²) in [5.41, 5.74) is 0.813. The summed E-state index contributed by atoms with van der Waals surface area (Å²) >= 11 is 0. The number of aliphatic hydroxyl groups excluding tert-OH is 2. The molecule has 0 bridgehead atoms. The fourth-order valence-corrected chi connectivity index (χ4v) is 2.11. The third kappa shape index (κ3) is 3.82. The van der Waals surface area contributed by atoms with E-state index in [9.17, 15) is 15.0 Å². The highest BCUT2D eigenvalue weighted by Crippen LogP contribution is 2.16. The van der Waals surface area contributed by atoms with Gasteiger partial charge in [0, 0.05) is 19.2 Å². The third-order valence-corrected chi connectivity index (χ3v) is 3.23. The zero-order valence-electron chi connectivity index (χ0n) is 10.7. The first-order valence-corrected chi connectivity index (χ1v) is 6.51. The minimum absolute atomic E-state index is 0.360. The third-order valence-electron chi connectivity index (χ3n) is 3.23. The van der Waals surface area contributed by atoms with Gasteiger partial charge in [0.25, 0.3) is 0 Å². The van der Waals surface area contributed by atoms with Gasteiger partial charge in [-0.3, -0.25) is 0 Å². The van der Waals surface area contributed by atoms with E-state index in [-0.39, 0.29) is 0 Å². The SMILES string of the molecule is O=CCCCc1cn(CC2OCCC(O)C2O)nn1. The summed E-state index contributed by atoms with van der Waals surface area (Å²) in [7, 11) is 0. The predicted molar refractivity (Wildman–Crippen MR) is 65.4 cm³/mol. The lowest BCUT2D eigenvalue weighted by atomic mass is 10.0. The lowest BCUT2D eigenvalue weighted by Gasteiger charge is -2.31. The summed E-state index contributed by atoms with van der Waals surface area (Å²) in [6.45, 7) is 0.794. The first-order chi connectivity index (χ1) is 9.20. The van der Waals surface area contributed by atoms with Gasteiger partial charge in [0.05, 0.1) is 18.3 Å². The second-order valence-electron chi connectivity index (χ2n) is 4.75. The van der Waals surface area contributed by atoms with Crippen molar-refractivity contribution in [3.63, 3.8) is 0 Å². The van der Waals surface area contributed by atoms with Crippen LogP contribution in [0.3, 0.4) is 0 Å². The van der Waals surface area contributed by atoms with Crippen LogP contribution >= 0.6 is 0 Å². The highest BCUT2D eigenvalue weighted by Gasteiger charge is 2.31. The first-order valence-electron chi connectivity index (χ1n) is 6.51. The van der Waals surface area contributed by atoms with E-state index in [1.807, 2.05) is 0 Å². The van der Waals surface area contributed by atoms with Crippen molar-refractivity contribution in [2.24, 2.45) is 0 Å². The fourth-order valence-electron chi connectivity index (χ4n) is 2.11. The Morgan fingerprint density at radius 3 is 3.16 bits per heavy atom. The quantitative estimate of drug-likeness (QED) is 0.524. The summed E-state index contributed by atoms with van der Waals surface area (Å²) in [6.07, 6.45) is 2.99. The van der Waals surface area contributed by atoms with E-state index in [1.54, 1.807) is 10.9 Å². The lowest BCUT2D eigenvalue weighted by molar-refractivity contribution is -0.140. The highest BCUT2D eigenvalue weighted by molar-refractivity contribution is 5.49. The van der Waals surface area contributed by atoms with Crippen molar-refractivity contribution < 1.29 is 19.7 Å². The van der Waals surface area contributed by atoms with Crippen LogP contribution in [0.15, 0.2) is 6.20 Å². The van der Waals surface area contributed by atoms with E-state index >= 15 is 0 Å². The summed E-state index contributed by atoms with van der Waals surface area (Å²) < 4.78 is 7.03. The van der Waals surface area contributed by atoms with Crippen molar-refractivity contribution in [3.05, 3.63) is 11.9 Å². The van der Waals surface area contributed by atoms with Gasteiger partial charge in [0.1, 0.15) is 18.5 Å². The maximum Gasteiger partial charge on any atom is 0.120 e. The second kappa shape index (κ2) is 6.74. The zero-order valence-corrected chi connectivity index (χ0v) is 10.7. The topological polar surface area (TPSA) is 97.5 Å². The molecular formula is C12H19N3O4. The molecule has 19 heavy (non-hydrogen) atoms. The average Bonchev–Trinajstić information content (AvgIpc) is 2.83. The minimum Gasteiger partial charge on any atom is -0.390 e. The molecule has 7 heteroatoms. The minimum atomic E-state index is -0.892. The number of carbonyl (C=O) groups excluding carboxylic acids is 1. The van der Waals surface area contributed by atoms with Gasteiger partial charge in [-0.05, 0) is 19.3 Å². The summed E-state index contributed by atoms with van der Waals surface area (Å²) in [5.74, 6) is 0. The molecule has 1 aromatic rings. The Kier molecular flexibility index (Phi) is 5.00. The van der Waals surface area contributed by atoms with Crippen LogP contribution in [0.5, 0.6) is 0 Å². The number of aromatic nitrogens is 3. The molecule has 1 saturated heterocycles. The van der Waals surface area contributed by atoms with Gasteiger partial charge in [0.15, 0.2) is 0 Å². The van der Waals surface area contributed by atoms with Crippen LogP contribution in [0, 0.1) is 0 Å². The smallest absolute Gasteiger partial charge is 0.120 e. The molecule has 0 radical (unpaired) electrons. The summed E-state index contributed by atoms with van der Waals surface area (Å²) in [4.78, 5) is 10.2. The van der Waals surface area contributed by atoms with E-state index in [1.165, 1.54) is 0 Å². The van der Waals surface area contributed by atoms with Gasteiger partial charge in [-0.25, -0.2) is 4.68 Å². The maximum atomic E-state index is 10.2. The number of nitrogens with zero attached hydrogens (tertiary/aromatic N) is 3. The molecule has 0 amide bonds. The Hall–Kier alpha value is -1.31. The molecule has 1 aromatic heterocycles. The maximum absolute atomic E-state index is 10.2. The average molecular weight is 269 g/mol. The monoisotopic (exact) mass is 269 g/mol. The first kappa shape index (κ1) is 14.1. The van der Waals surface area contributed by atoms with Crippen molar-refractivity contribution in [2.75, 3.05) is 6.61 Å². The Labute approximate surface area is 111 Å². The second-order valence-corrected chi connectivity index (χ2v) is 4.75. The number of ether oxygens (including phenoxy) is 1. The van der Waals surface area contributed by atoms with Crippen molar-refractivity contribution >= 4 is 6.29 Å². The molecule has 2 heterocycles. The number of rotatable bonds is 6. The van der Waals surface area contributed by atoms with E-state index in [0.717, 1.165) is 18.4 Å². The van der Waals surface area contributed by atoms with Gasteiger partial charge in [0.2, 0.25) is 0 Å². The fraction of sp³-hybridized carbons (Fsp3) is 0.750. The highest BCUT2D eigenvalue weighted by atomic mass is 16.5. The number of hydrogen-bond donors (Lipinski definition) is 2. The normalized spacial score (nSPS) is 27.4. The number of aryl methyl sites for hydroxylation is 1. The van der Waals surface area contributed by atoms with Crippen molar-refractivity contribution in [1.82, 2.24) is 15.0 Å². The molecule has 0 spiro atoms. The Morgan fingerprint density at radius 2 is 2.37 bits per heavy atom. The van der Waals surface area contributed by atoms with Gasteiger partial charge >= 0.3 is 0 Å². The number of aldehydes is 1. The molecule has 1 aliphatic heterocycles. The van der Waals surface area contributed by atoms with Crippen LogP contribution in [0.1, 0.15) is 25.0 Å². The van der Waals surface area contributed by atoms with E-state index in [0.29, 0.717) is 32.4 Å². The molecule has 3 unspecified atom stereocenters. The molecule has 1 fully saturated rings. The predicted octanol–water partition coefficient (Wildman–Crippen LogP) is -0.690. The van der Waals surface area contributed by atoms with Crippen molar-refractivity contribution in [1.29, 1.82) is 0 Å². The zero-order chi connectivity index (χ0) is 13.7. The Morgan fingerprint density at radius 1 is 1.53 bits per heavy atom. The number of carbonyl (C=O) groups is 1. The van der Waals surface area contributed by atoms with Crippen LogP contribution < -0.4 is 0 Å². The van der Waals surface area contributed by atoms with E-state index in [4.69, 9.17) is 4.74 Å². The number of unbranched alkanes of at least 4 members (excludes halogenated alkanes) is 1. The van der Waals surface area contributed by atoms with Gasteiger partial charge in [-0.15, -0.1) is 5.10 Å². The van der Waals surface area contributed by atoms with E-state index in [2.05, 4.69) is 10.3 Å². The molecule has 106 valence electrons. The van der Waals surface area contributed by atoms with Gasteiger partial charge in [-0.1, -0.05) is 5.21 Å². The molecule has 0 aromatic carbocycles. The van der Waals surface area contributed by atoms with Crippen LogP contribution in [0.25, 0.3) is 0 Å². The molecule has 2 N–H and O–H groups in total. The molecule has 3 atom stereocenters. The van der Waals surface area contributed by atoms with Crippen LogP contribution in [-0.2, 0) is 22.5 Å². The van der Waals surface area contributed by atoms with Crippen molar-refractivity contribution in [2.45, 2.75) is 50.5 Å². The van der Waals surface area contributed by atoms with Crippen LogP contribution in [-0.4, -0.2) is 56.4 Å². The molecule has 7 nitrogen and oxygen atoms in total. The largest absolute Gasteiger partial charge is 0.390 e. The summed E-state index contributed by atoms with van der Waals surface area (Å²) in [5, 5.41) is 27.3. The Balaban J connectivity index is 1.86. The molecule has 0 saturated carbocycles. The molecule has 0 aliphatic carbocycles. The molecular weight excluding hydrogens is 250 g/mol. The van der Waals surface area contributed by atoms with Crippen molar-refractivity contribution in [3.8, 4) is 0 Å². The number of hydrogen-bond acceptors (Lipinski definition) is 6. The molecule has 1 aliphatic rings. The Bertz CT molecular complexity index is 409. The van der Waals surface area contributed by atoms with Crippen LogP contribution in [0.4, 0.5) is 0 Å². The standard InChI is InChI=1S/C12H19N3O4/c16-5-2-1-3-9-7-15(14-13-9)8-11-12(18)10(17)4-6-19-11/h5,7,10-12,17-18H,1-4,6,8H2. The lowest BCUT2D eigenvalue weighted by Crippen LogP contribution is -2.46. The van der Waals surface area contributed by atoms with Gasteiger partial charge < -0.3 is 19.7 Å².